The molecule has 3 rings (SSSR count). The summed E-state index contributed by atoms with van der Waals surface area (Å²) >= 11 is 0. The molecule has 3 aliphatic rings. The minimum atomic E-state index is -1.45. The van der Waals surface area contributed by atoms with Crippen LogP contribution in [-0.2, 0) is 71.3 Å². The first-order chi connectivity index (χ1) is 40.7. The van der Waals surface area contributed by atoms with E-state index in [1.165, 1.54) is 0 Å². The van der Waals surface area contributed by atoms with Gasteiger partial charge in [0, 0.05) is 89.3 Å². The predicted molar refractivity (Wildman–Crippen MR) is 462 cm³/mol. The molecule has 3 fully saturated rings. The summed E-state index contributed by atoms with van der Waals surface area (Å²) < 4.78 is 57.6. The van der Waals surface area contributed by atoms with Crippen molar-refractivity contribution in [3.63, 3.8) is 0 Å². The Hall–Kier alpha value is -3.41. The lowest BCUT2D eigenvalue weighted by atomic mass is 9.92. The summed E-state index contributed by atoms with van der Waals surface area (Å²) in [6.07, 6.45) is -10.5. The lowest BCUT2D eigenvalue weighted by Gasteiger charge is -2.40. The molecule has 688 valence electrons. The highest BCUT2D eigenvalue weighted by molar-refractivity contribution is 5.79. The third-order valence-electron chi connectivity index (χ3n) is 14.7. The fourth-order valence-corrected chi connectivity index (χ4v) is 9.21. The van der Waals surface area contributed by atoms with Crippen LogP contribution in [0.15, 0.2) is 0 Å². The highest BCUT2D eigenvalue weighted by Crippen LogP contribution is 2.29. The fourth-order valence-electron chi connectivity index (χ4n) is 9.21. The highest BCUT2D eigenvalue weighted by Gasteiger charge is 2.45. The van der Waals surface area contributed by atoms with Crippen LogP contribution < -0.4 is 26.6 Å². The van der Waals surface area contributed by atoms with Gasteiger partial charge in [-0.2, -0.15) is 0 Å². The number of aliphatic hydroxyl groups is 9. The average molecular weight is 1620 g/mol. The first-order valence-corrected chi connectivity index (χ1v) is 30.1. The number of ether oxygens (including phenoxy) is 10. The quantitative estimate of drug-likeness (QED) is 0.0252. The maximum absolute atomic E-state index is 13.8. The number of aliphatic hydroxyl groups excluding tert-OH is 9. The van der Waals surface area contributed by atoms with Crippen molar-refractivity contribution < 1.29 is 117 Å². The number of hydrogen-bond acceptors (Lipinski definition) is 24. The zero-order valence-corrected chi connectivity index (χ0v) is 50.4. The maximum Gasteiger partial charge on any atom is 0.222 e. The molecule has 0 aromatic carbocycles. The van der Waals surface area contributed by atoms with Gasteiger partial charge < -0.3 is 120 Å². The first-order valence-electron chi connectivity index (χ1n) is 30.1. The van der Waals surface area contributed by atoms with E-state index in [0.717, 1.165) is 6.42 Å². The molecule has 3 aliphatic heterocycles. The van der Waals surface area contributed by atoms with Gasteiger partial charge in [-0.25, -0.2) is 0 Å². The van der Waals surface area contributed by atoms with Crippen molar-refractivity contribution in [2.24, 2.45) is 23.7 Å². The Labute approximate surface area is 676 Å². The van der Waals surface area contributed by atoms with E-state index in [0.29, 0.717) is 51.4 Å². The molecule has 0 bridgehead atoms. The number of carbonyl (C=O) groups excluding carboxylic acids is 5. The van der Waals surface area contributed by atoms with Crippen molar-refractivity contribution in [3.05, 3.63) is 0 Å². The zero-order chi connectivity index (χ0) is 62.7. The van der Waals surface area contributed by atoms with Crippen LogP contribution in [0.3, 0.4) is 0 Å². The van der Waals surface area contributed by atoms with Crippen LogP contribution in [0.25, 0.3) is 0 Å². The van der Waals surface area contributed by atoms with Gasteiger partial charge in [0.25, 0.3) is 0 Å². The minimum absolute atomic E-state index is 0. The van der Waals surface area contributed by atoms with E-state index < -0.39 is 123 Å². The Balaban J connectivity index is -0.000000158. The van der Waals surface area contributed by atoms with Gasteiger partial charge in [0.1, 0.15) is 42.2 Å². The summed E-state index contributed by atoms with van der Waals surface area (Å²) in [5, 5.41) is 104. The molecule has 0 aromatic heterocycles. The van der Waals surface area contributed by atoms with E-state index in [1.54, 1.807) is 20.8 Å². The van der Waals surface area contributed by atoms with E-state index >= 15 is 0 Å². The van der Waals surface area contributed by atoms with Crippen molar-refractivity contribution in [1.29, 1.82) is 0 Å². The Morgan fingerprint density at radius 1 is 0.330 bits per heavy atom. The Kier molecular flexibility index (Phi) is 142. The Bertz CT molecular complexity index is 1710. The molecule has 0 aliphatic carbocycles. The molecule has 3 saturated heterocycles. The second-order valence-electron chi connectivity index (χ2n) is 22.5. The third-order valence-corrected chi connectivity index (χ3v) is 14.7. The second-order valence-corrected chi connectivity index (χ2v) is 22.5. The van der Waals surface area contributed by atoms with Crippen LogP contribution >= 0.6 is 0 Å². The van der Waals surface area contributed by atoms with Gasteiger partial charge in [-0.1, -0.05) is 213 Å². The Morgan fingerprint density at radius 3 is 0.835 bits per heavy atom. The monoisotopic (exact) mass is 1610 g/mol. The molecular formula is C80H199N5O24. The molecule has 14 N–H and O–H groups in total. The average Bonchev–Trinajstić information content (AvgIpc) is 0.839. The molecule has 0 aromatic rings. The fraction of sp³-hybridized carbons (Fsp3) is 0.938. The summed E-state index contributed by atoms with van der Waals surface area (Å²) in [5.74, 6) is -3.05. The van der Waals surface area contributed by atoms with Crippen molar-refractivity contribution in [3.8, 4) is 0 Å². The lowest BCUT2D eigenvalue weighted by Crippen LogP contribution is -2.58. The van der Waals surface area contributed by atoms with Gasteiger partial charge in [-0.3, -0.25) is 24.0 Å². The number of nitrogens with one attached hydrogen (secondary N) is 5. The van der Waals surface area contributed by atoms with E-state index in [1.807, 2.05) is 0 Å². The predicted octanol–water partition coefficient (Wildman–Crippen LogP) is 11.9. The van der Waals surface area contributed by atoms with Gasteiger partial charge in [-0.15, -0.1) is 0 Å². The summed E-state index contributed by atoms with van der Waals surface area (Å²) in [4.78, 5) is 65.2. The van der Waals surface area contributed by atoms with E-state index in [4.69, 9.17) is 47.4 Å². The molecule has 5 amide bonds. The molecule has 29 heteroatoms. The first kappa shape index (κ1) is 165. The van der Waals surface area contributed by atoms with E-state index in [2.05, 4.69) is 40.4 Å². The van der Waals surface area contributed by atoms with Crippen LogP contribution in [0.1, 0.15) is 283 Å². The highest BCUT2D eigenvalue weighted by atomic mass is 16.7. The van der Waals surface area contributed by atoms with Gasteiger partial charge in [0.15, 0.2) is 18.9 Å². The van der Waals surface area contributed by atoms with E-state index in [9.17, 15) is 69.9 Å². The van der Waals surface area contributed by atoms with Gasteiger partial charge in [0.2, 0.25) is 29.5 Å². The smallest absolute Gasteiger partial charge is 0.222 e. The lowest BCUT2D eigenvalue weighted by molar-refractivity contribution is -0.282. The molecule has 6 unspecified atom stereocenters. The van der Waals surface area contributed by atoms with Crippen LogP contribution in [-0.4, -0.2) is 274 Å². The van der Waals surface area contributed by atoms with Crippen molar-refractivity contribution in [1.82, 2.24) is 26.6 Å². The van der Waals surface area contributed by atoms with Crippen molar-refractivity contribution in [2.45, 2.75) is 363 Å². The number of carbonyl (C=O) groups is 5. The van der Waals surface area contributed by atoms with E-state index in [-0.39, 0.29) is 319 Å². The molecule has 3 heterocycles. The number of rotatable bonds is 45. The molecule has 29 nitrogen and oxygen atoms in total. The molecule has 0 saturated carbocycles. The van der Waals surface area contributed by atoms with Crippen LogP contribution in [0.4, 0.5) is 0 Å². The normalized spacial score (nSPS) is 22.3. The number of hydrogen-bond donors (Lipinski definition) is 14. The molecule has 0 radical (unpaired) electrons. The van der Waals surface area contributed by atoms with Crippen molar-refractivity contribution >= 4 is 29.5 Å². The molecule has 15 atom stereocenters. The zero-order valence-electron chi connectivity index (χ0n) is 50.4. The minimum Gasteiger partial charge on any atom is -0.394 e. The summed E-state index contributed by atoms with van der Waals surface area (Å²) in [5.41, 5.74) is -1.45. The SMILES string of the molecule is C.C.C.C.C.C.C.C.C.C.C.C.C.C.C.C.C.C.C.C.C.C.C.C.CC(C)CCOCCCNC(=O)CCCC(=O)NC(COCCC(=O)NCCCO[C@@H]1OC(CO)[C@H](O)[C@H](O)C1C)(COCCC(=O)NCCCO[C@@H]1OC(CO)[C@H](O)[C@H](O)C1C)COCCC(=O)NCCCO[C@@H]1OC(CO)[C@H](O)[C@H](O)C1C. The van der Waals surface area contributed by atoms with Crippen molar-refractivity contribution in [2.75, 3.05) is 119 Å². The maximum atomic E-state index is 13.8. The molecular weight excluding hydrogens is 1410 g/mol. The summed E-state index contributed by atoms with van der Waals surface area (Å²) in [6.45, 7) is 9.04. The van der Waals surface area contributed by atoms with Crippen LogP contribution in [0, 0.1) is 23.7 Å². The van der Waals surface area contributed by atoms with Crippen LogP contribution in [0.5, 0.6) is 0 Å². The second kappa shape index (κ2) is 93.5. The largest absolute Gasteiger partial charge is 0.394 e. The summed E-state index contributed by atoms with van der Waals surface area (Å²) in [7, 11) is 0. The van der Waals surface area contributed by atoms with Gasteiger partial charge >= 0.3 is 0 Å². The summed E-state index contributed by atoms with van der Waals surface area (Å²) in [6, 6.07) is 0. The standard InChI is InChI=1S/C56H103N5O24.24CH4/c1-35(2)13-25-76-21-7-17-57-42(65)11-6-12-46(69)61-56(32-77-26-14-43(66)58-18-8-22-80-53-36(3)47(70)50(73)39(29-62)83-53,33-78-27-15-44(67)59-19-9-23-81-54-37(4)48(71)51(74)40(30-63)84-54)34-79-28-16-45(68)60-20-10-24-82-55-38(5)49(72)52(75)41(31-64)85-55;;;;;;;;;;;;;;;;;;;;;;;;/h35-41,47-55,62-64,70-75H,6-34H2,1-5H3,(H,57,65)(H,58,66)(H,59,67)(H,60,68)(H,61,69);24*1H4/t36?,37?,38?,39?,40?,41?,47-,48-,49-,50+,51+,52+,53-,54-,55-,56?;;;;;;;;;;;;;;;;;;;;;;;;/m1......................../s1. The van der Waals surface area contributed by atoms with Gasteiger partial charge in [0.05, 0.1) is 97.6 Å². The molecule has 0 spiro atoms. The van der Waals surface area contributed by atoms with Gasteiger partial charge in [-0.05, 0) is 44.4 Å². The topological polar surface area (TPSA) is 420 Å². The van der Waals surface area contributed by atoms with Crippen LogP contribution in [0.2, 0.25) is 0 Å². The Morgan fingerprint density at radius 2 is 0.578 bits per heavy atom. The third kappa shape index (κ3) is 63.6. The molecule has 109 heavy (non-hydrogen) atoms. The number of amides is 5.